The molecule has 0 bridgehead atoms. The van der Waals surface area contributed by atoms with Crippen LogP contribution in [0.25, 0.3) is 0 Å². The molecule has 98 valence electrons. The molecule has 0 spiro atoms. The second kappa shape index (κ2) is 4.51. The molecule has 1 aromatic heterocycles. The highest BCUT2D eigenvalue weighted by Crippen LogP contribution is 2.36. The van der Waals surface area contributed by atoms with Gasteiger partial charge in [-0.25, -0.2) is 9.97 Å². The Morgan fingerprint density at radius 3 is 2.39 bits per heavy atom. The normalized spacial score (nSPS) is 21.1. The molecule has 0 radical (unpaired) electrons. The van der Waals surface area contributed by atoms with Crippen LogP contribution in [0, 0.1) is 0 Å². The molecule has 1 saturated heterocycles. The quantitative estimate of drug-likeness (QED) is 0.754. The Hall–Kier alpha value is -1.14. The van der Waals surface area contributed by atoms with Crippen LogP contribution in [0.1, 0.15) is 34.6 Å². The van der Waals surface area contributed by atoms with Gasteiger partial charge in [-0.3, -0.25) is 0 Å². The van der Waals surface area contributed by atoms with Gasteiger partial charge in [0.25, 0.3) is 0 Å². The number of ether oxygens (including phenoxy) is 1. The summed E-state index contributed by atoms with van der Waals surface area (Å²) in [5.41, 5.74) is -0.0462. The van der Waals surface area contributed by atoms with Gasteiger partial charge in [0.15, 0.2) is 0 Å². The summed E-state index contributed by atoms with van der Waals surface area (Å²) in [5, 5.41) is 0. The van der Waals surface area contributed by atoms with Crippen molar-refractivity contribution < 1.29 is 14.0 Å². The van der Waals surface area contributed by atoms with E-state index < -0.39 is 7.12 Å². The van der Waals surface area contributed by atoms with Crippen molar-refractivity contribution >= 4 is 12.7 Å². The lowest BCUT2D eigenvalue weighted by Crippen LogP contribution is -2.41. The summed E-state index contributed by atoms with van der Waals surface area (Å²) in [7, 11) is -0.475. The molecule has 1 aliphatic heterocycles. The lowest BCUT2D eigenvalue weighted by Gasteiger charge is -2.32. The van der Waals surface area contributed by atoms with Gasteiger partial charge in [-0.1, -0.05) is 0 Å². The Kier molecular flexibility index (Phi) is 3.34. The van der Waals surface area contributed by atoms with Crippen LogP contribution in [-0.2, 0) is 9.31 Å². The van der Waals surface area contributed by atoms with E-state index in [1.54, 1.807) is 12.3 Å². The molecule has 0 aromatic carbocycles. The topological polar surface area (TPSA) is 53.5 Å². The number of nitrogens with zero attached hydrogens (tertiary/aromatic N) is 2. The zero-order valence-electron chi connectivity index (χ0n) is 11.6. The third kappa shape index (κ3) is 2.35. The van der Waals surface area contributed by atoms with Crippen molar-refractivity contribution in [2.45, 2.75) is 45.8 Å². The van der Waals surface area contributed by atoms with E-state index >= 15 is 0 Å². The number of hydrogen-bond acceptors (Lipinski definition) is 5. The Morgan fingerprint density at radius 2 is 1.83 bits per heavy atom. The third-order valence-corrected chi connectivity index (χ3v) is 3.42. The van der Waals surface area contributed by atoms with Gasteiger partial charge in [-0.2, -0.15) is 0 Å². The second-order valence-corrected chi connectivity index (χ2v) is 5.29. The molecular weight excluding hydrogens is 231 g/mol. The van der Waals surface area contributed by atoms with Gasteiger partial charge in [0.05, 0.1) is 23.4 Å². The zero-order chi connectivity index (χ0) is 13.4. The fourth-order valence-corrected chi connectivity index (χ4v) is 1.65. The Labute approximate surface area is 108 Å². The second-order valence-electron chi connectivity index (χ2n) is 5.29. The summed E-state index contributed by atoms with van der Waals surface area (Å²) in [4.78, 5) is 8.32. The number of rotatable bonds is 3. The van der Waals surface area contributed by atoms with Gasteiger partial charge in [0, 0.05) is 6.20 Å². The lowest BCUT2D eigenvalue weighted by molar-refractivity contribution is 0.00578. The van der Waals surface area contributed by atoms with Crippen molar-refractivity contribution in [1.29, 1.82) is 0 Å². The molecule has 0 unspecified atom stereocenters. The average molecular weight is 250 g/mol. The molecule has 1 aliphatic rings. The molecule has 6 heteroatoms. The predicted molar refractivity (Wildman–Crippen MR) is 68.9 cm³/mol. The first-order valence-electron chi connectivity index (χ1n) is 6.17. The van der Waals surface area contributed by atoms with Crippen LogP contribution in [0.3, 0.4) is 0 Å². The molecule has 0 amide bonds. The maximum Gasteiger partial charge on any atom is 0.514 e. The van der Waals surface area contributed by atoms with Gasteiger partial charge in [0.1, 0.15) is 0 Å². The van der Waals surface area contributed by atoms with Crippen LogP contribution in [0.2, 0.25) is 0 Å². The van der Waals surface area contributed by atoms with E-state index in [1.165, 1.54) is 0 Å². The largest absolute Gasteiger partial charge is 0.514 e. The number of hydrogen-bond donors (Lipinski definition) is 0. The predicted octanol–water partition coefficient (Wildman–Crippen LogP) is 1.17. The lowest BCUT2D eigenvalue weighted by atomic mass is 9.85. The molecule has 18 heavy (non-hydrogen) atoms. The summed E-state index contributed by atoms with van der Waals surface area (Å²) >= 11 is 0. The van der Waals surface area contributed by atoms with Gasteiger partial charge in [-0.15, -0.1) is 0 Å². The van der Waals surface area contributed by atoms with Crippen LogP contribution in [0.4, 0.5) is 0 Å². The Morgan fingerprint density at radius 1 is 1.22 bits per heavy atom. The van der Waals surface area contributed by atoms with Gasteiger partial charge in [0.2, 0.25) is 0 Å². The fourth-order valence-electron chi connectivity index (χ4n) is 1.65. The Balaban J connectivity index is 2.21. The maximum atomic E-state index is 5.92. The van der Waals surface area contributed by atoms with Crippen molar-refractivity contribution in [2.24, 2.45) is 0 Å². The SMILES string of the molecule is CCOc1nccc(B2OC(C)(C)C(C)(C)O2)n1. The van der Waals surface area contributed by atoms with Crippen molar-refractivity contribution in [3.8, 4) is 6.01 Å². The van der Waals surface area contributed by atoms with Crippen LogP contribution >= 0.6 is 0 Å². The zero-order valence-corrected chi connectivity index (χ0v) is 11.6. The first-order chi connectivity index (χ1) is 8.36. The molecule has 0 saturated carbocycles. The standard InChI is InChI=1S/C12H19BN2O3/c1-6-16-10-14-8-7-9(15-10)13-17-11(2,3)12(4,5)18-13/h7-8H,6H2,1-5H3. The van der Waals surface area contributed by atoms with E-state index in [9.17, 15) is 0 Å². The highest BCUT2D eigenvalue weighted by Gasteiger charge is 2.52. The minimum atomic E-state index is -0.475. The minimum absolute atomic E-state index is 0.352. The van der Waals surface area contributed by atoms with E-state index in [1.807, 2.05) is 34.6 Å². The van der Waals surface area contributed by atoms with Crippen LogP contribution < -0.4 is 10.3 Å². The molecular formula is C12H19BN2O3. The molecule has 0 atom stereocenters. The monoisotopic (exact) mass is 250 g/mol. The summed E-state index contributed by atoms with van der Waals surface area (Å²) in [5.74, 6) is 0. The molecule has 1 fully saturated rings. The summed E-state index contributed by atoms with van der Waals surface area (Å²) in [6.07, 6.45) is 1.65. The molecule has 2 rings (SSSR count). The average Bonchev–Trinajstić information content (AvgIpc) is 2.49. The minimum Gasteiger partial charge on any atom is -0.464 e. The summed E-state index contributed by atoms with van der Waals surface area (Å²) in [6, 6.07) is 2.13. The molecule has 0 N–H and O–H groups in total. The highest BCUT2D eigenvalue weighted by molar-refractivity contribution is 6.61. The number of aromatic nitrogens is 2. The highest BCUT2D eigenvalue weighted by atomic mass is 16.7. The van der Waals surface area contributed by atoms with Crippen LogP contribution in [0.15, 0.2) is 12.3 Å². The van der Waals surface area contributed by atoms with E-state index in [4.69, 9.17) is 14.0 Å². The van der Waals surface area contributed by atoms with Crippen molar-refractivity contribution in [3.63, 3.8) is 0 Å². The fraction of sp³-hybridized carbons (Fsp3) is 0.667. The third-order valence-electron chi connectivity index (χ3n) is 3.42. The van der Waals surface area contributed by atoms with Gasteiger partial charge < -0.3 is 14.0 Å². The smallest absolute Gasteiger partial charge is 0.464 e. The summed E-state index contributed by atoms with van der Waals surface area (Å²) < 4.78 is 17.1. The molecule has 1 aromatic rings. The molecule has 0 aliphatic carbocycles. The summed E-state index contributed by atoms with van der Waals surface area (Å²) in [6.45, 7) is 10.5. The first-order valence-corrected chi connectivity index (χ1v) is 6.17. The van der Waals surface area contributed by atoms with Crippen LogP contribution in [-0.4, -0.2) is 34.9 Å². The molecule has 2 heterocycles. The van der Waals surface area contributed by atoms with Crippen molar-refractivity contribution in [2.75, 3.05) is 6.61 Å². The van der Waals surface area contributed by atoms with Gasteiger partial charge in [-0.05, 0) is 40.7 Å². The van der Waals surface area contributed by atoms with Crippen molar-refractivity contribution in [1.82, 2.24) is 9.97 Å². The van der Waals surface area contributed by atoms with E-state index in [0.717, 1.165) is 0 Å². The van der Waals surface area contributed by atoms with E-state index in [2.05, 4.69) is 9.97 Å². The maximum absolute atomic E-state index is 5.92. The van der Waals surface area contributed by atoms with E-state index in [-0.39, 0.29) is 11.2 Å². The van der Waals surface area contributed by atoms with Gasteiger partial charge >= 0.3 is 13.1 Å². The van der Waals surface area contributed by atoms with E-state index in [0.29, 0.717) is 18.2 Å². The van der Waals surface area contributed by atoms with Crippen LogP contribution in [0.5, 0.6) is 6.01 Å². The Bertz CT molecular complexity index is 421. The van der Waals surface area contributed by atoms with Crippen molar-refractivity contribution in [3.05, 3.63) is 12.3 Å². The molecule has 5 nitrogen and oxygen atoms in total. The first kappa shape index (κ1) is 13.3.